The van der Waals surface area contributed by atoms with E-state index in [1.165, 1.54) is 11.8 Å². The van der Waals surface area contributed by atoms with Gasteiger partial charge >= 0.3 is 0 Å². The maximum Gasteiger partial charge on any atom is 0.224 e. The molecule has 19 heavy (non-hydrogen) atoms. The third-order valence-corrected chi connectivity index (χ3v) is 4.76. The molecule has 0 aliphatic rings. The summed E-state index contributed by atoms with van der Waals surface area (Å²) in [6, 6.07) is 7.68. The summed E-state index contributed by atoms with van der Waals surface area (Å²) in [5, 5.41) is 10.4. The highest BCUT2D eigenvalue weighted by molar-refractivity contribution is 8.17. The molecule has 1 heterocycles. The average molecular weight is 309 g/mol. The number of nitrogens with zero attached hydrogens (tertiary/aromatic N) is 4. The van der Waals surface area contributed by atoms with E-state index in [1.807, 2.05) is 30.5 Å². The largest absolute Gasteiger partial charge is 0.224 e. The summed E-state index contributed by atoms with van der Waals surface area (Å²) in [7, 11) is 0. The van der Waals surface area contributed by atoms with Crippen molar-refractivity contribution in [3.63, 3.8) is 0 Å². The zero-order valence-electron chi connectivity index (χ0n) is 9.95. The Labute approximate surface area is 124 Å². The second-order valence-electron chi connectivity index (χ2n) is 3.42. The highest BCUT2D eigenvalue weighted by Crippen LogP contribution is 2.32. The normalized spacial score (nSPS) is 12.7. The topological polar surface area (TPSA) is 61.9 Å². The fourth-order valence-electron chi connectivity index (χ4n) is 1.45. The van der Waals surface area contributed by atoms with Crippen molar-refractivity contribution < 1.29 is 0 Å². The van der Waals surface area contributed by atoms with Crippen molar-refractivity contribution in [1.82, 2.24) is 9.97 Å². The number of hydrogen-bond donors (Lipinski definition) is 0. The molecule has 0 fully saturated rings. The zero-order valence-corrected chi connectivity index (χ0v) is 12.3. The fraction of sp³-hybridized carbons (Fsp3) is 0.167. The van der Waals surface area contributed by atoms with Gasteiger partial charge in [0.1, 0.15) is 5.03 Å². The maximum atomic E-state index is 8.48. The van der Waals surface area contributed by atoms with Crippen LogP contribution in [-0.2, 0) is 0 Å². The van der Waals surface area contributed by atoms with E-state index in [0.29, 0.717) is 0 Å². The van der Waals surface area contributed by atoms with Crippen LogP contribution in [0.5, 0.6) is 0 Å². The summed E-state index contributed by atoms with van der Waals surface area (Å²) in [5.74, 6) is 0. The lowest BCUT2D eigenvalue weighted by Gasteiger charge is -2.09. The Morgan fingerprint density at radius 3 is 2.95 bits per heavy atom. The van der Waals surface area contributed by atoms with E-state index in [9.17, 15) is 0 Å². The number of aromatic nitrogens is 2. The van der Waals surface area contributed by atoms with Crippen molar-refractivity contribution in [2.75, 3.05) is 6.26 Å². The molecule has 1 atom stereocenters. The molecule has 96 valence electrons. The molecule has 0 aliphatic carbocycles. The zero-order chi connectivity index (χ0) is 13.7. The van der Waals surface area contributed by atoms with E-state index >= 15 is 0 Å². The Morgan fingerprint density at radius 1 is 1.42 bits per heavy atom. The van der Waals surface area contributed by atoms with Crippen molar-refractivity contribution in [3.05, 3.63) is 29.5 Å². The molecule has 0 spiro atoms. The SMILES string of the molecule is CSC(C=NC#N)Sc1nc(Cl)nc2ccccc12. The Balaban J connectivity index is 2.39. The molecule has 1 aromatic heterocycles. The lowest BCUT2D eigenvalue weighted by molar-refractivity contribution is 1.10. The van der Waals surface area contributed by atoms with Crippen LogP contribution in [0.2, 0.25) is 5.28 Å². The van der Waals surface area contributed by atoms with Gasteiger partial charge in [0.25, 0.3) is 0 Å². The smallest absolute Gasteiger partial charge is 0.218 e. The molecule has 0 N–H and O–H groups in total. The minimum atomic E-state index is 0.00835. The Morgan fingerprint density at radius 2 is 2.21 bits per heavy atom. The number of benzene rings is 1. The molecule has 0 bridgehead atoms. The molecule has 0 aliphatic heterocycles. The summed E-state index contributed by atoms with van der Waals surface area (Å²) in [6.07, 6.45) is 5.30. The number of fused-ring (bicyclic) bond motifs is 1. The van der Waals surface area contributed by atoms with Crippen LogP contribution in [0, 0.1) is 11.5 Å². The van der Waals surface area contributed by atoms with Gasteiger partial charge in [-0.1, -0.05) is 30.0 Å². The van der Waals surface area contributed by atoms with Gasteiger partial charge in [-0.25, -0.2) is 9.97 Å². The first kappa shape index (κ1) is 14.1. The molecule has 4 nitrogen and oxygen atoms in total. The number of halogens is 1. The lowest BCUT2D eigenvalue weighted by Crippen LogP contribution is -1.99. The van der Waals surface area contributed by atoms with Gasteiger partial charge < -0.3 is 0 Å². The van der Waals surface area contributed by atoms with E-state index in [1.54, 1.807) is 24.2 Å². The second-order valence-corrected chi connectivity index (χ2v) is 6.16. The third-order valence-electron chi connectivity index (χ3n) is 2.26. The number of aliphatic imine (C=N–C) groups is 1. The van der Waals surface area contributed by atoms with Gasteiger partial charge in [-0.05, 0) is 23.9 Å². The molecule has 0 saturated carbocycles. The number of nitriles is 1. The van der Waals surface area contributed by atoms with E-state index < -0.39 is 0 Å². The van der Waals surface area contributed by atoms with Crippen molar-refractivity contribution in [2.24, 2.45) is 4.99 Å². The van der Waals surface area contributed by atoms with Gasteiger partial charge in [-0.2, -0.15) is 10.3 Å². The molecule has 1 aromatic carbocycles. The summed E-state index contributed by atoms with van der Waals surface area (Å²) < 4.78 is 0.00835. The highest BCUT2D eigenvalue weighted by atomic mass is 35.5. The van der Waals surface area contributed by atoms with Gasteiger partial charge in [0.2, 0.25) is 11.5 Å². The monoisotopic (exact) mass is 308 g/mol. The maximum absolute atomic E-state index is 8.48. The molecular weight excluding hydrogens is 300 g/mol. The number of hydrogen-bond acceptors (Lipinski definition) is 6. The Kier molecular flexibility index (Phi) is 5.02. The van der Waals surface area contributed by atoms with Gasteiger partial charge in [-0.3, -0.25) is 0 Å². The van der Waals surface area contributed by atoms with Crippen LogP contribution in [0.15, 0.2) is 34.3 Å². The predicted octanol–water partition coefficient (Wildman–Crippen LogP) is 3.62. The summed E-state index contributed by atoms with van der Waals surface area (Å²) in [5.41, 5.74) is 0.807. The minimum Gasteiger partial charge on any atom is -0.218 e. The summed E-state index contributed by atoms with van der Waals surface area (Å²) >= 11 is 9.00. The molecule has 2 rings (SSSR count). The average Bonchev–Trinajstić information content (AvgIpc) is 2.43. The molecule has 1 unspecified atom stereocenters. The van der Waals surface area contributed by atoms with Gasteiger partial charge in [0.05, 0.1) is 10.1 Å². The van der Waals surface area contributed by atoms with Gasteiger partial charge in [-0.15, -0.1) is 11.8 Å². The number of thioether (sulfide) groups is 2. The third kappa shape index (κ3) is 3.60. The van der Waals surface area contributed by atoms with E-state index in [2.05, 4.69) is 15.0 Å². The van der Waals surface area contributed by atoms with Crippen LogP contribution < -0.4 is 0 Å². The minimum absolute atomic E-state index is 0.00835. The molecule has 0 radical (unpaired) electrons. The number of para-hydroxylation sites is 1. The van der Waals surface area contributed by atoms with Crippen molar-refractivity contribution in [3.8, 4) is 6.19 Å². The standard InChI is InChI=1S/C12H9ClN4S2/c1-18-10(6-15-7-14)19-11-8-4-2-3-5-9(8)16-12(13)17-11/h2-6,10H,1H3. The lowest BCUT2D eigenvalue weighted by atomic mass is 10.2. The molecule has 7 heteroatoms. The van der Waals surface area contributed by atoms with Crippen molar-refractivity contribution in [2.45, 2.75) is 9.61 Å². The molecular formula is C12H9ClN4S2. The van der Waals surface area contributed by atoms with Crippen LogP contribution in [0.3, 0.4) is 0 Å². The highest BCUT2D eigenvalue weighted by Gasteiger charge is 2.12. The molecule has 0 saturated heterocycles. The second kappa shape index (κ2) is 6.75. The first-order valence-corrected chi connectivity index (χ1v) is 7.83. The Hall–Kier alpha value is -1.29. The van der Waals surface area contributed by atoms with Gasteiger partial charge in [0, 0.05) is 11.6 Å². The number of rotatable bonds is 4. The van der Waals surface area contributed by atoms with Crippen molar-refractivity contribution in [1.29, 1.82) is 5.26 Å². The molecule has 0 amide bonds. The van der Waals surface area contributed by atoms with Crippen molar-refractivity contribution >= 4 is 52.2 Å². The van der Waals surface area contributed by atoms with Crippen LogP contribution >= 0.6 is 35.1 Å². The first-order valence-electron chi connectivity index (χ1n) is 5.28. The van der Waals surface area contributed by atoms with Crippen LogP contribution in [0.25, 0.3) is 10.9 Å². The van der Waals surface area contributed by atoms with Crippen LogP contribution in [0.1, 0.15) is 0 Å². The molecule has 2 aromatic rings. The van der Waals surface area contributed by atoms with Crippen LogP contribution in [0.4, 0.5) is 0 Å². The predicted molar refractivity (Wildman–Crippen MR) is 81.8 cm³/mol. The quantitative estimate of drug-likeness (QED) is 0.216. The van der Waals surface area contributed by atoms with E-state index in [4.69, 9.17) is 16.9 Å². The van der Waals surface area contributed by atoms with E-state index in [-0.39, 0.29) is 9.87 Å². The summed E-state index contributed by atoms with van der Waals surface area (Å²) in [4.78, 5) is 12.0. The van der Waals surface area contributed by atoms with E-state index in [0.717, 1.165) is 15.9 Å². The first-order chi connectivity index (χ1) is 9.24. The summed E-state index contributed by atoms with van der Waals surface area (Å²) in [6.45, 7) is 0. The fourth-order valence-corrected chi connectivity index (χ4v) is 3.30. The van der Waals surface area contributed by atoms with Gasteiger partial charge in [0.15, 0.2) is 0 Å². The van der Waals surface area contributed by atoms with Crippen LogP contribution in [-0.4, -0.2) is 27.0 Å². The Bertz CT molecular complexity index is 654.